The van der Waals surface area contributed by atoms with Crippen molar-refractivity contribution in [2.24, 2.45) is 0 Å². The minimum atomic E-state index is -4.21. The van der Waals surface area contributed by atoms with Crippen LogP contribution in [0.15, 0.2) is 24.3 Å². The van der Waals surface area contributed by atoms with E-state index in [-0.39, 0.29) is 38.5 Å². The van der Waals surface area contributed by atoms with Crippen LogP contribution in [0.2, 0.25) is 0 Å². The average Bonchev–Trinajstić information content (AvgIpc) is 3.33. The predicted molar refractivity (Wildman–Crippen MR) is 108 cm³/mol. The molecule has 2 aliphatic heterocycles. The number of carbonyl (C=O) groups excluding carboxylic acids is 1. The maximum absolute atomic E-state index is 13.5. The van der Waals surface area contributed by atoms with Gasteiger partial charge < -0.3 is 19.5 Å². The first-order valence-corrected chi connectivity index (χ1v) is 10.7. The van der Waals surface area contributed by atoms with Crippen molar-refractivity contribution in [1.29, 1.82) is 0 Å². The quantitative estimate of drug-likeness (QED) is 0.760. The summed E-state index contributed by atoms with van der Waals surface area (Å²) in [4.78, 5) is 32.3. The predicted octanol–water partition coefficient (Wildman–Crippen LogP) is 3.49. The fourth-order valence-corrected chi connectivity index (χ4v) is 5.26. The van der Waals surface area contributed by atoms with E-state index in [0.29, 0.717) is 11.5 Å². The van der Waals surface area contributed by atoms with Crippen LogP contribution in [-0.4, -0.2) is 50.8 Å². The number of aryl methyl sites for hydroxylation is 1. The van der Waals surface area contributed by atoms with Gasteiger partial charge in [-0.25, -0.2) is 9.78 Å². The highest BCUT2D eigenvalue weighted by atomic mass is 19.4. The molecule has 0 atom stereocenters. The van der Waals surface area contributed by atoms with E-state index in [2.05, 4.69) is 0 Å². The molecule has 170 valence electrons. The molecule has 1 aliphatic carbocycles. The highest BCUT2D eigenvalue weighted by Crippen LogP contribution is 2.47. The van der Waals surface area contributed by atoms with Crippen molar-refractivity contribution in [3.8, 4) is 0 Å². The first-order valence-electron chi connectivity index (χ1n) is 10.7. The van der Waals surface area contributed by atoms with Gasteiger partial charge in [0.1, 0.15) is 11.2 Å². The molecule has 1 aromatic heterocycles. The number of rotatable bonds is 5. The number of alkyl halides is 3. The van der Waals surface area contributed by atoms with Crippen LogP contribution in [0.4, 0.5) is 23.7 Å². The Bertz CT molecular complexity index is 1090. The van der Waals surface area contributed by atoms with Gasteiger partial charge in [0.2, 0.25) is 5.91 Å². The molecular formula is C22H23F3N4O3. The summed E-state index contributed by atoms with van der Waals surface area (Å²) in [7, 11) is 0. The molecule has 5 rings (SSSR count). The monoisotopic (exact) mass is 448 g/mol. The zero-order valence-corrected chi connectivity index (χ0v) is 17.4. The van der Waals surface area contributed by atoms with Crippen molar-refractivity contribution >= 4 is 17.7 Å². The van der Waals surface area contributed by atoms with Gasteiger partial charge in [-0.2, -0.15) is 13.2 Å². The van der Waals surface area contributed by atoms with Crippen molar-refractivity contribution in [3.63, 3.8) is 0 Å². The van der Waals surface area contributed by atoms with Crippen LogP contribution in [0.5, 0.6) is 0 Å². The summed E-state index contributed by atoms with van der Waals surface area (Å²) in [5.74, 6) is 0.410. The Morgan fingerprint density at radius 1 is 1.19 bits per heavy atom. The number of hydrogen-bond donors (Lipinski definition) is 1. The van der Waals surface area contributed by atoms with E-state index in [1.807, 2.05) is 28.8 Å². The van der Waals surface area contributed by atoms with Crippen LogP contribution in [-0.2, 0) is 36.1 Å². The molecule has 1 N–H and O–H groups in total. The van der Waals surface area contributed by atoms with E-state index < -0.39 is 24.1 Å². The molecule has 3 aliphatic rings. The van der Waals surface area contributed by atoms with Gasteiger partial charge in [-0.15, -0.1) is 0 Å². The summed E-state index contributed by atoms with van der Waals surface area (Å²) in [6, 6.07) is 7.33. The molecule has 0 bridgehead atoms. The van der Waals surface area contributed by atoms with Gasteiger partial charge in [-0.3, -0.25) is 4.79 Å². The van der Waals surface area contributed by atoms with Crippen molar-refractivity contribution in [2.45, 2.75) is 56.8 Å². The number of carboxylic acid groups (broad SMARTS) is 1. The van der Waals surface area contributed by atoms with Gasteiger partial charge in [0, 0.05) is 37.4 Å². The fourth-order valence-electron chi connectivity index (χ4n) is 5.26. The normalized spacial score (nSPS) is 18.8. The third kappa shape index (κ3) is 3.23. The SMILES string of the molecule is O=C(O)N1CC2(C1)C(=O)N(Cc1nc3c(n1CCCC(F)(F)F)CCC3)c1ccccc12. The van der Waals surface area contributed by atoms with Crippen molar-refractivity contribution in [1.82, 2.24) is 14.5 Å². The molecule has 2 aromatic rings. The molecule has 1 fully saturated rings. The van der Waals surface area contributed by atoms with Gasteiger partial charge in [0.15, 0.2) is 0 Å². The minimum Gasteiger partial charge on any atom is -0.465 e. The second kappa shape index (κ2) is 7.25. The fraction of sp³-hybridized carbons (Fsp3) is 0.500. The van der Waals surface area contributed by atoms with Crippen LogP contribution in [0.3, 0.4) is 0 Å². The summed E-state index contributed by atoms with van der Waals surface area (Å²) in [6.07, 6.45) is -3.68. The van der Waals surface area contributed by atoms with Gasteiger partial charge in [0.05, 0.1) is 12.2 Å². The Labute approximate surface area is 182 Å². The van der Waals surface area contributed by atoms with E-state index in [1.54, 1.807) is 4.90 Å². The van der Waals surface area contributed by atoms with E-state index in [0.717, 1.165) is 36.2 Å². The van der Waals surface area contributed by atoms with Gasteiger partial charge >= 0.3 is 12.3 Å². The van der Waals surface area contributed by atoms with E-state index >= 15 is 0 Å². The van der Waals surface area contributed by atoms with Gasteiger partial charge in [-0.1, -0.05) is 18.2 Å². The maximum atomic E-state index is 13.5. The molecule has 1 spiro atoms. The first-order chi connectivity index (χ1) is 15.2. The third-order valence-corrected chi connectivity index (χ3v) is 6.76. The number of fused-ring (bicyclic) bond motifs is 3. The molecule has 3 heterocycles. The number of halogens is 3. The van der Waals surface area contributed by atoms with Crippen molar-refractivity contribution in [2.75, 3.05) is 18.0 Å². The largest absolute Gasteiger partial charge is 0.465 e. The smallest absolute Gasteiger partial charge is 0.407 e. The van der Waals surface area contributed by atoms with E-state index in [1.165, 1.54) is 4.90 Å². The Morgan fingerprint density at radius 3 is 2.66 bits per heavy atom. The second-order valence-corrected chi connectivity index (χ2v) is 8.77. The molecule has 7 nitrogen and oxygen atoms in total. The molecule has 1 aromatic carbocycles. The lowest BCUT2D eigenvalue weighted by atomic mass is 9.75. The first kappa shape index (κ1) is 20.8. The summed E-state index contributed by atoms with van der Waals surface area (Å²) < 4.78 is 40.0. The topological polar surface area (TPSA) is 78.7 Å². The number of likely N-dealkylation sites (tertiary alicyclic amines) is 1. The highest BCUT2D eigenvalue weighted by molar-refractivity contribution is 6.09. The molecule has 0 saturated carbocycles. The molecule has 10 heteroatoms. The number of carbonyl (C=O) groups is 2. The lowest BCUT2D eigenvalue weighted by Crippen LogP contribution is -2.65. The van der Waals surface area contributed by atoms with Gasteiger partial charge in [0.25, 0.3) is 0 Å². The summed E-state index contributed by atoms with van der Waals surface area (Å²) in [6.45, 7) is 0.568. The van der Waals surface area contributed by atoms with E-state index in [9.17, 15) is 27.9 Å². The highest BCUT2D eigenvalue weighted by Gasteiger charge is 2.59. The van der Waals surface area contributed by atoms with E-state index in [4.69, 9.17) is 4.98 Å². The number of anilines is 1. The van der Waals surface area contributed by atoms with Gasteiger partial charge in [-0.05, 0) is 37.3 Å². The van der Waals surface area contributed by atoms with Crippen LogP contribution in [0.25, 0.3) is 0 Å². The Morgan fingerprint density at radius 2 is 1.94 bits per heavy atom. The average molecular weight is 448 g/mol. The lowest BCUT2D eigenvalue weighted by Gasteiger charge is -2.45. The summed E-state index contributed by atoms with van der Waals surface area (Å²) in [5.41, 5.74) is 2.49. The molecule has 0 radical (unpaired) electrons. The second-order valence-electron chi connectivity index (χ2n) is 8.77. The number of para-hydroxylation sites is 1. The zero-order chi connectivity index (χ0) is 22.7. The zero-order valence-electron chi connectivity index (χ0n) is 17.4. The van der Waals surface area contributed by atoms with Crippen molar-refractivity contribution < 1.29 is 27.9 Å². The van der Waals surface area contributed by atoms with Crippen LogP contribution < -0.4 is 4.90 Å². The van der Waals surface area contributed by atoms with Crippen LogP contribution in [0.1, 0.15) is 42.0 Å². The maximum Gasteiger partial charge on any atom is 0.407 e. The Kier molecular flexibility index (Phi) is 4.72. The Balaban J connectivity index is 1.43. The minimum absolute atomic E-state index is 0.0403. The molecule has 2 amide bonds. The number of benzene rings is 1. The molecule has 0 unspecified atom stereocenters. The van der Waals surface area contributed by atoms with Crippen molar-refractivity contribution in [3.05, 3.63) is 47.0 Å². The molecule has 32 heavy (non-hydrogen) atoms. The van der Waals surface area contributed by atoms with Crippen LogP contribution in [0, 0.1) is 0 Å². The van der Waals surface area contributed by atoms with Crippen LogP contribution >= 0.6 is 0 Å². The Hall–Kier alpha value is -3.04. The number of aromatic nitrogens is 2. The summed E-state index contributed by atoms with van der Waals surface area (Å²) in [5, 5.41) is 9.26. The number of amides is 2. The number of nitrogens with zero attached hydrogens (tertiary/aromatic N) is 4. The lowest BCUT2D eigenvalue weighted by molar-refractivity contribution is -0.136. The third-order valence-electron chi connectivity index (χ3n) is 6.76. The molecular weight excluding hydrogens is 425 g/mol. The number of hydrogen-bond acceptors (Lipinski definition) is 3. The number of imidazole rings is 1. The summed E-state index contributed by atoms with van der Waals surface area (Å²) >= 11 is 0. The standard InChI is InChI=1S/C22H23F3N4O3/c23-22(24,25)9-4-10-28-17-8-3-6-15(17)26-18(28)11-29-16-7-2-1-5-14(16)21(19(29)30)12-27(13-21)20(31)32/h1-2,5,7H,3-4,6,8-13H2,(H,31,32). The molecule has 1 saturated heterocycles.